The van der Waals surface area contributed by atoms with Gasteiger partial charge < -0.3 is 4.74 Å². The van der Waals surface area contributed by atoms with Gasteiger partial charge in [0.2, 0.25) is 0 Å². The van der Waals surface area contributed by atoms with Crippen molar-refractivity contribution >= 4 is 27.5 Å². The summed E-state index contributed by atoms with van der Waals surface area (Å²) in [6.45, 7) is 2.28. The van der Waals surface area contributed by atoms with Crippen LogP contribution in [0.5, 0.6) is 0 Å². The third-order valence-electron chi connectivity index (χ3n) is 3.97. The quantitative estimate of drug-likeness (QED) is 0.812. The minimum absolute atomic E-state index is 0.105. The number of fused-ring (bicyclic) bond motifs is 1. The second kappa shape index (κ2) is 5.48. The normalized spacial score (nSPS) is 18.1. The summed E-state index contributed by atoms with van der Waals surface area (Å²) in [7, 11) is 0. The average molecular weight is 290 g/mol. The van der Waals surface area contributed by atoms with Gasteiger partial charge in [0.15, 0.2) is 0 Å². The summed E-state index contributed by atoms with van der Waals surface area (Å²) >= 11 is 1.60. The van der Waals surface area contributed by atoms with Crippen LogP contribution in [0.3, 0.4) is 0 Å². The molecule has 0 amide bonds. The number of aromatic nitrogens is 2. The first-order valence-corrected chi connectivity index (χ1v) is 7.96. The van der Waals surface area contributed by atoms with E-state index >= 15 is 0 Å². The molecular formula is C15H18N2O2S. The van der Waals surface area contributed by atoms with Crippen molar-refractivity contribution in [3.05, 3.63) is 23.5 Å². The van der Waals surface area contributed by atoms with E-state index < -0.39 is 5.41 Å². The second-order valence-electron chi connectivity index (χ2n) is 5.23. The third-order valence-corrected chi connectivity index (χ3v) is 5.21. The maximum atomic E-state index is 12.5. The zero-order valence-electron chi connectivity index (χ0n) is 11.6. The Bertz CT molecular complexity index is 584. The van der Waals surface area contributed by atoms with Gasteiger partial charge in [0.05, 0.1) is 23.0 Å². The summed E-state index contributed by atoms with van der Waals surface area (Å²) in [5.74, 6) is -0.105. The summed E-state index contributed by atoms with van der Waals surface area (Å²) in [5, 5.41) is 0.902. The van der Waals surface area contributed by atoms with Gasteiger partial charge in [-0.2, -0.15) is 0 Å². The standard InChI is InChI=1S/C15H18N2O2S/c1-2-19-14(18)15(7-4-3-5-8-15)13-17-11-10-16-9-6-12(11)20-13/h6,9-10H,2-5,7-8H2,1H3. The van der Waals surface area contributed by atoms with Crippen LogP contribution in [0.25, 0.3) is 10.2 Å². The summed E-state index contributed by atoms with van der Waals surface area (Å²) in [6.07, 6.45) is 8.53. The van der Waals surface area contributed by atoms with E-state index in [4.69, 9.17) is 4.74 Å². The van der Waals surface area contributed by atoms with Gasteiger partial charge in [-0.05, 0) is 25.8 Å². The van der Waals surface area contributed by atoms with Crippen LogP contribution in [0.2, 0.25) is 0 Å². The van der Waals surface area contributed by atoms with Crippen LogP contribution in [-0.2, 0) is 14.9 Å². The molecule has 0 spiro atoms. The summed E-state index contributed by atoms with van der Waals surface area (Å²) in [4.78, 5) is 21.3. The van der Waals surface area contributed by atoms with Crippen LogP contribution in [0.1, 0.15) is 44.0 Å². The first kappa shape index (κ1) is 13.5. The minimum Gasteiger partial charge on any atom is -0.465 e. The maximum Gasteiger partial charge on any atom is 0.319 e. The fraction of sp³-hybridized carbons (Fsp3) is 0.533. The predicted molar refractivity (Wildman–Crippen MR) is 78.8 cm³/mol. The molecule has 0 aromatic carbocycles. The van der Waals surface area contributed by atoms with E-state index in [-0.39, 0.29) is 5.97 Å². The molecule has 2 heterocycles. The van der Waals surface area contributed by atoms with Crippen molar-refractivity contribution in [1.29, 1.82) is 0 Å². The SMILES string of the molecule is CCOC(=O)C1(c2nc3cnccc3s2)CCCCC1. The maximum absolute atomic E-state index is 12.5. The van der Waals surface area contributed by atoms with Crippen LogP contribution >= 0.6 is 11.3 Å². The van der Waals surface area contributed by atoms with Gasteiger partial charge in [0.25, 0.3) is 0 Å². The Morgan fingerprint density at radius 2 is 2.20 bits per heavy atom. The molecule has 4 nitrogen and oxygen atoms in total. The molecule has 1 aliphatic rings. The Hall–Kier alpha value is -1.49. The summed E-state index contributed by atoms with van der Waals surface area (Å²) in [5.41, 5.74) is 0.347. The van der Waals surface area contributed by atoms with E-state index in [0.29, 0.717) is 6.61 Å². The van der Waals surface area contributed by atoms with Gasteiger partial charge >= 0.3 is 5.97 Å². The number of hydrogen-bond donors (Lipinski definition) is 0. The molecule has 0 bridgehead atoms. The zero-order chi connectivity index (χ0) is 14.0. The molecule has 5 heteroatoms. The number of hydrogen-bond acceptors (Lipinski definition) is 5. The van der Waals surface area contributed by atoms with E-state index in [0.717, 1.165) is 40.9 Å². The third kappa shape index (κ3) is 2.20. The highest BCUT2D eigenvalue weighted by Crippen LogP contribution is 2.43. The van der Waals surface area contributed by atoms with Gasteiger partial charge in [-0.15, -0.1) is 11.3 Å². The second-order valence-corrected chi connectivity index (χ2v) is 6.26. The molecule has 0 saturated heterocycles. The van der Waals surface area contributed by atoms with Gasteiger partial charge in [-0.3, -0.25) is 9.78 Å². The lowest BCUT2D eigenvalue weighted by atomic mass is 9.74. The van der Waals surface area contributed by atoms with E-state index in [1.807, 2.05) is 13.0 Å². The van der Waals surface area contributed by atoms with Crippen molar-refractivity contribution in [2.75, 3.05) is 6.61 Å². The van der Waals surface area contributed by atoms with Crippen molar-refractivity contribution in [2.45, 2.75) is 44.4 Å². The van der Waals surface area contributed by atoms with Gasteiger partial charge in [0.1, 0.15) is 10.4 Å². The lowest BCUT2D eigenvalue weighted by Crippen LogP contribution is -2.39. The fourth-order valence-electron chi connectivity index (χ4n) is 2.91. The van der Waals surface area contributed by atoms with E-state index in [2.05, 4.69) is 9.97 Å². The molecule has 2 aromatic rings. The summed E-state index contributed by atoms with van der Waals surface area (Å²) in [6, 6.07) is 1.96. The van der Waals surface area contributed by atoms with Gasteiger partial charge in [-0.25, -0.2) is 4.98 Å². The number of esters is 1. The molecule has 1 saturated carbocycles. The van der Waals surface area contributed by atoms with Gasteiger partial charge in [0, 0.05) is 6.20 Å². The van der Waals surface area contributed by atoms with E-state index in [1.165, 1.54) is 6.42 Å². The molecule has 0 unspecified atom stereocenters. The Morgan fingerprint density at radius 3 is 2.90 bits per heavy atom. The highest BCUT2D eigenvalue weighted by Gasteiger charge is 2.45. The number of carbonyl (C=O) groups excluding carboxylic acids is 1. The van der Waals surface area contributed by atoms with Crippen LogP contribution in [0, 0.1) is 0 Å². The van der Waals surface area contributed by atoms with Crippen LogP contribution in [-0.4, -0.2) is 22.5 Å². The molecule has 1 fully saturated rings. The van der Waals surface area contributed by atoms with Crippen molar-refractivity contribution < 1.29 is 9.53 Å². The van der Waals surface area contributed by atoms with E-state index in [9.17, 15) is 4.79 Å². The predicted octanol–water partition coefficient (Wildman–Crippen LogP) is 3.46. The molecule has 0 N–H and O–H groups in total. The topological polar surface area (TPSA) is 52.1 Å². The van der Waals surface area contributed by atoms with Crippen molar-refractivity contribution in [2.24, 2.45) is 0 Å². The molecule has 0 atom stereocenters. The smallest absolute Gasteiger partial charge is 0.319 e. The Kier molecular flexibility index (Phi) is 3.70. The molecule has 0 radical (unpaired) electrons. The lowest BCUT2D eigenvalue weighted by molar-refractivity contribution is -0.151. The number of pyridine rings is 1. The van der Waals surface area contributed by atoms with Gasteiger partial charge in [-0.1, -0.05) is 19.3 Å². The Labute approximate surface area is 122 Å². The lowest BCUT2D eigenvalue weighted by Gasteiger charge is -2.32. The molecule has 1 aliphatic carbocycles. The molecule has 2 aromatic heterocycles. The van der Waals surface area contributed by atoms with Crippen molar-refractivity contribution in [1.82, 2.24) is 9.97 Å². The van der Waals surface area contributed by atoms with Crippen LogP contribution < -0.4 is 0 Å². The highest BCUT2D eigenvalue weighted by atomic mass is 32.1. The average Bonchev–Trinajstić information content (AvgIpc) is 2.92. The first-order chi connectivity index (χ1) is 9.76. The molecular weight excluding hydrogens is 272 g/mol. The fourth-order valence-corrected chi connectivity index (χ4v) is 4.08. The number of rotatable bonds is 3. The largest absolute Gasteiger partial charge is 0.465 e. The monoisotopic (exact) mass is 290 g/mol. The van der Waals surface area contributed by atoms with Crippen molar-refractivity contribution in [3.63, 3.8) is 0 Å². The first-order valence-electron chi connectivity index (χ1n) is 7.14. The molecule has 3 rings (SSSR count). The van der Waals surface area contributed by atoms with Crippen LogP contribution in [0.15, 0.2) is 18.5 Å². The Morgan fingerprint density at radius 1 is 1.40 bits per heavy atom. The number of ether oxygens (including phenoxy) is 1. The molecule has 20 heavy (non-hydrogen) atoms. The van der Waals surface area contributed by atoms with Crippen molar-refractivity contribution in [3.8, 4) is 0 Å². The molecule has 106 valence electrons. The molecule has 0 aliphatic heterocycles. The Balaban J connectivity index is 2.06. The number of carbonyl (C=O) groups is 1. The van der Waals surface area contributed by atoms with E-state index in [1.54, 1.807) is 23.7 Å². The number of nitrogens with zero attached hydrogens (tertiary/aromatic N) is 2. The van der Waals surface area contributed by atoms with Crippen LogP contribution in [0.4, 0.5) is 0 Å². The zero-order valence-corrected chi connectivity index (χ0v) is 12.4. The highest BCUT2D eigenvalue weighted by molar-refractivity contribution is 7.18. The minimum atomic E-state index is -0.530. The number of thiazole rings is 1. The summed E-state index contributed by atoms with van der Waals surface area (Å²) < 4.78 is 6.43.